The molecule has 2 N–H and O–H groups in total. The second-order valence-electron chi connectivity index (χ2n) is 8.53. The number of fused-ring (bicyclic) bond motifs is 2. The van der Waals surface area contributed by atoms with Gasteiger partial charge >= 0.3 is 6.18 Å². The third-order valence-electron chi connectivity index (χ3n) is 6.13. The maximum Gasteiger partial charge on any atom is 0.433 e. The molecule has 1 saturated carbocycles. The number of hydrogen-bond donors (Lipinski definition) is 2. The first-order valence-corrected chi connectivity index (χ1v) is 11.4. The van der Waals surface area contributed by atoms with Crippen molar-refractivity contribution in [2.24, 2.45) is 0 Å². The normalized spacial score (nSPS) is 18.8. The zero-order chi connectivity index (χ0) is 23.9. The van der Waals surface area contributed by atoms with Crippen molar-refractivity contribution in [1.82, 2.24) is 10.3 Å². The van der Waals surface area contributed by atoms with Crippen molar-refractivity contribution in [3.05, 3.63) is 71.1 Å². The van der Waals surface area contributed by atoms with E-state index in [-0.39, 0.29) is 29.3 Å². The van der Waals surface area contributed by atoms with Gasteiger partial charge in [0.2, 0.25) is 0 Å². The summed E-state index contributed by atoms with van der Waals surface area (Å²) in [6.07, 6.45) is -1.78. The molecule has 2 aromatic heterocycles. The highest BCUT2D eigenvalue weighted by Gasteiger charge is 2.34. The molecule has 9 heteroatoms. The number of aromatic nitrogens is 1. The monoisotopic (exact) mass is 487 g/mol. The Labute approximate surface area is 198 Å². The summed E-state index contributed by atoms with van der Waals surface area (Å²) < 4.78 is 45.7. The Balaban J connectivity index is 1.26. The first kappa shape index (κ1) is 22.5. The molecular formula is C25H21ClF3N3O2. The highest BCUT2D eigenvalue weighted by molar-refractivity contribution is 6.31. The molecule has 0 unspecified atom stereocenters. The smallest absolute Gasteiger partial charge is 0.433 e. The molecule has 34 heavy (non-hydrogen) atoms. The molecule has 5 nitrogen and oxygen atoms in total. The number of carbonyl (C=O) groups is 1. The molecule has 2 heterocycles. The number of nitrogens with one attached hydrogen (secondary N) is 2. The number of hydrogen-bond acceptors (Lipinski definition) is 4. The maximum absolute atomic E-state index is 13.4. The van der Waals surface area contributed by atoms with Crippen LogP contribution in [0.25, 0.3) is 21.9 Å². The van der Waals surface area contributed by atoms with E-state index in [1.807, 2.05) is 24.3 Å². The van der Waals surface area contributed by atoms with Crippen molar-refractivity contribution in [3.63, 3.8) is 0 Å². The van der Waals surface area contributed by atoms with Gasteiger partial charge in [-0.05, 0) is 62.1 Å². The molecule has 1 amide bonds. The van der Waals surface area contributed by atoms with Gasteiger partial charge in [0.1, 0.15) is 11.3 Å². The quantitative estimate of drug-likeness (QED) is 0.332. The summed E-state index contributed by atoms with van der Waals surface area (Å²) in [4.78, 5) is 16.4. The van der Waals surface area contributed by atoms with E-state index >= 15 is 0 Å². The average molecular weight is 488 g/mol. The number of halogens is 4. The minimum atomic E-state index is -4.55. The lowest BCUT2D eigenvalue weighted by atomic mass is 9.90. The summed E-state index contributed by atoms with van der Waals surface area (Å²) in [5, 5.41) is 8.10. The molecule has 0 saturated heterocycles. The van der Waals surface area contributed by atoms with E-state index in [4.69, 9.17) is 16.0 Å². The molecule has 0 aliphatic heterocycles. The largest absolute Gasteiger partial charge is 0.451 e. The fourth-order valence-electron chi connectivity index (χ4n) is 4.41. The molecule has 4 aromatic rings. The van der Waals surface area contributed by atoms with Crippen molar-refractivity contribution >= 4 is 45.1 Å². The van der Waals surface area contributed by atoms with Crippen LogP contribution in [0.2, 0.25) is 5.02 Å². The van der Waals surface area contributed by atoms with E-state index in [0.717, 1.165) is 11.5 Å². The van der Waals surface area contributed by atoms with Crippen LogP contribution >= 0.6 is 11.6 Å². The van der Waals surface area contributed by atoms with Gasteiger partial charge in [-0.2, -0.15) is 13.2 Å². The Morgan fingerprint density at radius 3 is 2.47 bits per heavy atom. The minimum Gasteiger partial charge on any atom is -0.451 e. The zero-order valence-corrected chi connectivity index (χ0v) is 18.7. The lowest BCUT2D eigenvalue weighted by Crippen LogP contribution is -2.40. The van der Waals surface area contributed by atoms with Gasteiger partial charge in [-0.3, -0.25) is 4.79 Å². The number of nitrogens with zero attached hydrogens (tertiary/aromatic N) is 1. The summed E-state index contributed by atoms with van der Waals surface area (Å²) in [5.41, 5.74) is 0.295. The van der Waals surface area contributed by atoms with Crippen molar-refractivity contribution in [2.75, 3.05) is 5.32 Å². The molecule has 0 atom stereocenters. The minimum absolute atomic E-state index is 0.0341. The molecule has 176 valence electrons. The summed E-state index contributed by atoms with van der Waals surface area (Å²) in [7, 11) is 0. The fourth-order valence-corrected chi connectivity index (χ4v) is 4.59. The lowest BCUT2D eigenvalue weighted by molar-refractivity contribution is -0.140. The topological polar surface area (TPSA) is 67.2 Å². The van der Waals surface area contributed by atoms with Crippen molar-refractivity contribution < 1.29 is 22.4 Å². The molecular weight excluding hydrogens is 467 g/mol. The Hall–Kier alpha value is -3.26. The molecule has 1 aliphatic rings. The Morgan fingerprint density at radius 2 is 1.74 bits per heavy atom. The van der Waals surface area contributed by atoms with E-state index < -0.39 is 11.9 Å². The SMILES string of the molecule is O=C(N[C@H]1CC[C@@H](Nc2cc(C(F)(F)F)nc3ccc(Cl)cc23)CC1)c1cc2ccccc2o1. The lowest BCUT2D eigenvalue weighted by Gasteiger charge is -2.30. The Kier molecular flexibility index (Phi) is 5.85. The van der Waals surface area contributed by atoms with Gasteiger partial charge in [-0.1, -0.05) is 29.8 Å². The van der Waals surface area contributed by atoms with Crippen LogP contribution in [0.1, 0.15) is 41.9 Å². The molecule has 2 aromatic carbocycles. The zero-order valence-electron chi connectivity index (χ0n) is 18.0. The number of pyridine rings is 1. The summed E-state index contributed by atoms with van der Waals surface area (Å²) in [6.45, 7) is 0. The van der Waals surface area contributed by atoms with E-state index in [9.17, 15) is 18.0 Å². The van der Waals surface area contributed by atoms with Crippen LogP contribution in [0.4, 0.5) is 18.9 Å². The number of amides is 1. The van der Waals surface area contributed by atoms with Crippen LogP contribution in [0.3, 0.4) is 0 Å². The highest BCUT2D eigenvalue weighted by atomic mass is 35.5. The van der Waals surface area contributed by atoms with E-state index in [0.29, 0.717) is 47.4 Å². The second-order valence-corrected chi connectivity index (χ2v) is 8.97. The number of para-hydroxylation sites is 1. The molecule has 5 rings (SSSR count). The summed E-state index contributed by atoms with van der Waals surface area (Å²) in [6, 6.07) is 14.7. The highest BCUT2D eigenvalue weighted by Crippen LogP contribution is 2.35. The van der Waals surface area contributed by atoms with Gasteiger partial charge < -0.3 is 15.1 Å². The third-order valence-corrected chi connectivity index (χ3v) is 6.37. The van der Waals surface area contributed by atoms with Gasteiger partial charge in [0, 0.05) is 33.6 Å². The van der Waals surface area contributed by atoms with Gasteiger partial charge in [0.15, 0.2) is 5.76 Å². The van der Waals surface area contributed by atoms with Crippen LogP contribution in [0.5, 0.6) is 0 Å². The van der Waals surface area contributed by atoms with Gasteiger partial charge in [-0.15, -0.1) is 0 Å². The molecule has 1 fully saturated rings. The molecule has 0 radical (unpaired) electrons. The number of alkyl halides is 3. The first-order chi connectivity index (χ1) is 16.3. The number of anilines is 1. The maximum atomic E-state index is 13.4. The van der Waals surface area contributed by atoms with Crippen molar-refractivity contribution in [3.8, 4) is 0 Å². The van der Waals surface area contributed by atoms with Crippen LogP contribution in [0, 0.1) is 0 Å². The van der Waals surface area contributed by atoms with Gasteiger partial charge in [0.05, 0.1) is 5.52 Å². The standard InChI is InChI=1S/C25H21ClF3N3O2/c26-15-5-10-19-18(12-15)20(13-23(32-19)25(27,28)29)30-16-6-8-17(9-7-16)31-24(33)22-11-14-3-1-2-4-21(14)34-22/h1-5,10-13,16-17H,6-9H2,(H,30,32)(H,31,33)/t16-,17+. The van der Waals surface area contributed by atoms with Crippen LogP contribution in [-0.2, 0) is 6.18 Å². The Morgan fingerprint density at radius 1 is 1.00 bits per heavy atom. The van der Waals surface area contributed by atoms with Crippen LogP contribution in [0.15, 0.2) is 59.0 Å². The van der Waals surface area contributed by atoms with Crippen molar-refractivity contribution in [1.29, 1.82) is 0 Å². The summed E-state index contributed by atoms with van der Waals surface area (Å²) in [5.74, 6) is -0.00143. The number of furan rings is 1. The molecule has 0 bridgehead atoms. The Bertz CT molecular complexity index is 1330. The predicted molar refractivity (Wildman–Crippen MR) is 125 cm³/mol. The number of benzene rings is 2. The van der Waals surface area contributed by atoms with Crippen LogP contribution < -0.4 is 10.6 Å². The molecule has 0 spiro atoms. The van der Waals surface area contributed by atoms with E-state index in [1.54, 1.807) is 12.1 Å². The number of rotatable bonds is 4. The third kappa shape index (κ3) is 4.68. The van der Waals surface area contributed by atoms with Crippen molar-refractivity contribution in [2.45, 2.75) is 43.9 Å². The van der Waals surface area contributed by atoms with Gasteiger partial charge in [0.25, 0.3) is 5.91 Å². The second kappa shape index (κ2) is 8.83. The number of carbonyl (C=O) groups excluding carboxylic acids is 1. The van der Waals surface area contributed by atoms with E-state index in [2.05, 4.69) is 15.6 Å². The fraction of sp³-hybridized carbons (Fsp3) is 0.280. The van der Waals surface area contributed by atoms with Gasteiger partial charge in [-0.25, -0.2) is 4.98 Å². The molecule has 1 aliphatic carbocycles. The first-order valence-electron chi connectivity index (χ1n) is 11.0. The summed E-state index contributed by atoms with van der Waals surface area (Å²) >= 11 is 6.08. The van der Waals surface area contributed by atoms with Crippen LogP contribution in [-0.4, -0.2) is 23.0 Å². The average Bonchev–Trinajstić information content (AvgIpc) is 3.24. The van der Waals surface area contributed by atoms with E-state index in [1.165, 1.54) is 12.1 Å². The predicted octanol–water partition coefficient (Wildman–Crippen LogP) is 6.81.